The highest BCUT2D eigenvalue weighted by Gasteiger charge is 2.28. The van der Waals surface area contributed by atoms with E-state index < -0.39 is 0 Å². The van der Waals surface area contributed by atoms with Gasteiger partial charge in [-0.05, 0) is 37.6 Å². The fraction of sp³-hybridized carbons (Fsp3) is 0.385. The summed E-state index contributed by atoms with van der Waals surface area (Å²) < 4.78 is 5.36. The standard InChI is InChI=1S/C13H14N2O2/c1-9-6-11(8-17-9)13(16)15-12-4-2-10(7-14)3-5-12/h2-5,9,11H,6,8H2,1H3,(H,15,16). The van der Waals surface area contributed by atoms with Crippen molar-refractivity contribution >= 4 is 11.6 Å². The Balaban J connectivity index is 1.96. The fourth-order valence-corrected chi connectivity index (χ4v) is 1.87. The molecule has 1 aliphatic heterocycles. The number of nitrogens with one attached hydrogen (secondary N) is 1. The van der Waals surface area contributed by atoms with Crippen LogP contribution in [-0.2, 0) is 9.53 Å². The Morgan fingerprint density at radius 3 is 2.71 bits per heavy atom. The van der Waals surface area contributed by atoms with E-state index in [1.165, 1.54) is 0 Å². The van der Waals surface area contributed by atoms with Gasteiger partial charge in [0.25, 0.3) is 0 Å². The van der Waals surface area contributed by atoms with E-state index in [0.29, 0.717) is 17.9 Å². The van der Waals surface area contributed by atoms with E-state index >= 15 is 0 Å². The predicted octanol–water partition coefficient (Wildman–Crippen LogP) is 1.92. The fourth-order valence-electron chi connectivity index (χ4n) is 1.87. The third kappa shape index (κ3) is 2.83. The maximum Gasteiger partial charge on any atom is 0.229 e. The van der Waals surface area contributed by atoms with Crippen molar-refractivity contribution in [3.05, 3.63) is 29.8 Å². The summed E-state index contributed by atoms with van der Waals surface area (Å²) in [7, 11) is 0. The second kappa shape index (κ2) is 4.98. The molecule has 0 bridgehead atoms. The Bertz CT molecular complexity index is 447. The monoisotopic (exact) mass is 230 g/mol. The number of carbonyl (C=O) groups is 1. The average Bonchev–Trinajstić information content (AvgIpc) is 2.77. The molecule has 0 aliphatic carbocycles. The lowest BCUT2D eigenvalue weighted by Gasteiger charge is -2.09. The Hall–Kier alpha value is -1.86. The van der Waals surface area contributed by atoms with Gasteiger partial charge in [-0.2, -0.15) is 5.26 Å². The minimum absolute atomic E-state index is 0.0148. The van der Waals surface area contributed by atoms with Crippen LogP contribution >= 0.6 is 0 Å². The Morgan fingerprint density at radius 2 is 2.18 bits per heavy atom. The zero-order valence-electron chi connectivity index (χ0n) is 9.64. The van der Waals surface area contributed by atoms with Gasteiger partial charge >= 0.3 is 0 Å². The molecule has 2 unspecified atom stereocenters. The molecular formula is C13H14N2O2. The number of amides is 1. The van der Waals surface area contributed by atoms with Gasteiger partial charge < -0.3 is 10.1 Å². The summed E-state index contributed by atoms with van der Waals surface area (Å²) in [5.41, 5.74) is 1.30. The van der Waals surface area contributed by atoms with Gasteiger partial charge in [0.05, 0.1) is 30.3 Å². The molecule has 4 nitrogen and oxygen atoms in total. The van der Waals surface area contributed by atoms with Crippen molar-refractivity contribution in [1.29, 1.82) is 5.26 Å². The molecule has 0 radical (unpaired) electrons. The number of nitrogens with zero attached hydrogens (tertiary/aromatic N) is 1. The molecule has 1 aromatic rings. The Kier molecular flexibility index (Phi) is 3.40. The molecule has 88 valence electrons. The largest absolute Gasteiger partial charge is 0.378 e. The van der Waals surface area contributed by atoms with Gasteiger partial charge in [0, 0.05) is 5.69 Å². The molecule has 1 aromatic carbocycles. The van der Waals surface area contributed by atoms with Gasteiger partial charge in [-0.25, -0.2) is 0 Å². The minimum atomic E-state index is -0.0688. The number of hydrogen-bond acceptors (Lipinski definition) is 3. The van der Waals surface area contributed by atoms with Gasteiger partial charge in [0.2, 0.25) is 5.91 Å². The topological polar surface area (TPSA) is 62.1 Å². The zero-order valence-corrected chi connectivity index (χ0v) is 9.64. The molecule has 1 saturated heterocycles. The molecule has 0 spiro atoms. The van der Waals surface area contributed by atoms with Crippen LogP contribution in [0.25, 0.3) is 0 Å². The first-order valence-electron chi connectivity index (χ1n) is 5.61. The number of rotatable bonds is 2. The smallest absolute Gasteiger partial charge is 0.229 e. The molecule has 1 heterocycles. The number of hydrogen-bond donors (Lipinski definition) is 1. The highest BCUT2D eigenvalue weighted by atomic mass is 16.5. The summed E-state index contributed by atoms with van der Waals surface area (Å²) >= 11 is 0. The van der Waals surface area contributed by atoms with Crippen molar-refractivity contribution in [2.75, 3.05) is 11.9 Å². The predicted molar refractivity (Wildman–Crippen MR) is 63.3 cm³/mol. The molecule has 1 N–H and O–H groups in total. The third-order valence-corrected chi connectivity index (χ3v) is 2.85. The molecule has 2 atom stereocenters. The van der Waals surface area contributed by atoms with Crippen LogP contribution in [-0.4, -0.2) is 18.6 Å². The van der Waals surface area contributed by atoms with Gasteiger partial charge in [0.15, 0.2) is 0 Å². The SMILES string of the molecule is CC1CC(C(=O)Nc2ccc(C#N)cc2)CO1. The Morgan fingerprint density at radius 1 is 1.47 bits per heavy atom. The summed E-state index contributed by atoms with van der Waals surface area (Å²) in [6.45, 7) is 2.46. The van der Waals surface area contributed by atoms with Crippen molar-refractivity contribution < 1.29 is 9.53 Å². The van der Waals surface area contributed by atoms with Crippen molar-refractivity contribution in [3.8, 4) is 6.07 Å². The number of ether oxygens (including phenoxy) is 1. The number of anilines is 1. The molecule has 17 heavy (non-hydrogen) atoms. The van der Waals surface area contributed by atoms with E-state index in [2.05, 4.69) is 5.32 Å². The van der Waals surface area contributed by atoms with E-state index in [9.17, 15) is 4.79 Å². The highest BCUT2D eigenvalue weighted by molar-refractivity contribution is 5.92. The van der Waals surface area contributed by atoms with Crippen molar-refractivity contribution in [3.63, 3.8) is 0 Å². The van der Waals surface area contributed by atoms with E-state index in [1.54, 1.807) is 24.3 Å². The maximum atomic E-state index is 11.9. The molecule has 2 rings (SSSR count). The lowest BCUT2D eigenvalue weighted by molar-refractivity contribution is -0.119. The molecule has 1 aliphatic rings. The lowest BCUT2D eigenvalue weighted by Crippen LogP contribution is -2.22. The van der Waals surface area contributed by atoms with Crippen LogP contribution in [0.2, 0.25) is 0 Å². The number of benzene rings is 1. The summed E-state index contributed by atoms with van der Waals surface area (Å²) in [4.78, 5) is 11.9. The maximum absolute atomic E-state index is 11.9. The molecule has 1 amide bonds. The van der Waals surface area contributed by atoms with Crippen LogP contribution < -0.4 is 5.32 Å². The lowest BCUT2D eigenvalue weighted by atomic mass is 10.1. The van der Waals surface area contributed by atoms with E-state index in [1.807, 2.05) is 13.0 Å². The third-order valence-electron chi connectivity index (χ3n) is 2.85. The first-order valence-corrected chi connectivity index (χ1v) is 5.61. The molecular weight excluding hydrogens is 216 g/mol. The average molecular weight is 230 g/mol. The van der Waals surface area contributed by atoms with Crippen LogP contribution in [0.5, 0.6) is 0 Å². The second-order valence-corrected chi connectivity index (χ2v) is 4.25. The van der Waals surface area contributed by atoms with E-state index in [4.69, 9.17) is 10.00 Å². The van der Waals surface area contributed by atoms with Crippen molar-refractivity contribution in [2.24, 2.45) is 5.92 Å². The van der Waals surface area contributed by atoms with E-state index in [0.717, 1.165) is 6.42 Å². The molecule has 0 aromatic heterocycles. The minimum Gasteiger partial charge on any atom is -0.378 e. The van der Waals surface area contributed by atoms with Crippen LogP contribution in [0.3, 0.4) is 0 Å². The van der Waals surface area contributed by atoms with Crippen molar-refractivity contribution in [1.82, 2.24) is 0 Å². The van der Waals surface area contributed by atoms with Crippen LogP contribution in [0.4, 0.5) is 5.69 Å². The number of carbonyl (C=O) groups excluding carboxylic acids is 1. The van der Waals surface area contributed by atoms with Gasteiger partial charge in [-0.15, -0.1) is 0 Å². The quantitative estimate of drug-likeness (QED) is 0.844. The summed E-state index contributed by atoms with van der Waals surface area (Å²) in [5.74, 6) is -0.0836. The Labute approximate surface area is 100 Å². The van der Waals surface area contributed by atoms with Gasteiger partial charge in [0.1, 0.15) is 0 Å². The van der Waals surface area contributed by atoms with Crippen LogP contribution in [0.1, 0.15) is 18.9 Å². The zero-order chi connectivity index (χ0) is 12.3. The van der Waals surface area contributed by atoms with Gasteiger partial charge in [-0.1, -0.05) is 0 Å². The first kappa shape index (κ1) is 11.6. The van der Waals surface area contributed by atoms with Gasteiger partial charge in [-0.3, -0.25) is 4.79 Å². The highest BCUT2D eigenvalue weighted by Crippen LogP contribution is 2.21. The normalized spacial score (nSPS) is 23.1. The van der Waals surface area contributed by atoms with Crippen molar-refractivity contribution in [2.45, 2.75) is 19.4 Å². The first-order chi connectivity index (χ1) is 8.19. The van der Waals surface area contributed by atoms with Crippen LogP contribution in [0.15, 0.2) is 24.3 Å². The summed E-state index contributed by atoms with van der Waals surface area (Å²) in [6.07, 6.45) is 0.925. The molecule has 4 heteroatoms. The number of nitriles is 1. The summed E-state index contributed by atoms with van der Waals surface area (Å²) in [5, 5.41) is 11.5. The summed E-state index contributed by atoms with van der Waals surface area (Å²) in [6, 6.07) is 8.87. The second-order valence-electron chi connectivity index (χ2n) is 4.25. The van der Waals surface area contributed by atoms with Crippen LogP contribution in [0, 0.1) is 17.2 Å². The molecule has 1 fully saturated rings. The molecule has 0 saturated carbocycles. The van der Waals surface area contributed by atoms with E-state index in [-0.39, 0.29) is 17.9 Å².